The van der Waals surface area contributed by atoms with E-state index in [1.165, 1.54) is 17.3 Å². The molecule has 1 aromatic heterocycles. The molecule has 4 nitrogen and oxygen atoms in total. The third kappa shape index (κ3) is 3.51. The lowest BCUT2D eigenvalue weighted by Crippen LogP contribution is -2.10. The molecule has 0 bridgehead atoms. The van der Waals surface area contributed by atoms with Gasteiger partial charge in [0.25, 0.3) is 0 Å². The van der Waals surface area contributed by atoms with Crippen LogP contribution in [0, 0.1) is 0 Å². The van der Waals surface area contributed by atoms with Crippen LogP contribution in [0.5, 0.6) is 0 Å². The molecule has 2 N–H and O–H groups in total. The Morgan fingerprint density at radius 2 is 2.05 bits per heavy atom. The minimum atomic E-state index is -0.902. The summed E-state index contributed by atoms with van der Waals surface area (Å²) >= 11 is 1.44. The highest BCUT2D eigenvalue weighted by Crippen LogP contribution is 2.27. The topological polar surface area (TPSA) is 62.2 Å². The third-order valence-electron chi connectivity index (χ3n) is 2.94. The van der Waals surface area contributed by atoms with E-state index >= 15 is 0 Å². The van der Waals surface area contributed by atoms with Crippen LogP contribution in [0.25, 0.3) is 0 Å². The number of rotatable bonds is 6. The Bertz CT molecular complexity index is 588. The highest BCUT2D eigenvalue weighted by Gasteiger charge is 2.14. The van der Waals surface area contributed by atoms with Gasteiger partial charge in [-0.1, -0.05) is 6.07 Å². The summed E-state index contributed by atoms with van der Waals surface area (Å²) in [7, 11) is 0. The predicted octanol–water partition coefficient (Wildman–Crippen LogP) is 3.16. The molecule has 1 aromatic carbocycles. The van der Waals surface area contributed by atoms with E-state index in [0.29, 0.717) is 17.8 Å². The van der Waals surface area contributed by atoms with Crippen molar-refractivity contribution in [3.05, 3.63) is 53.9 Å². The van der Waals surface area contributed by atoms with Crippen molar-refractivity contribution in [3.63, 3.8) is 0 Å². The Morgan fingerprint density at radius 1 is 1.30 bits per heavy atom. The Balaban J connectivity index is 2.08. The Hall–Kier alpha value is -2.01. The van der Waals surface area contributed by atoms with Crippen LogP contribution in [-0.4, -0.2) is 28.9 Å². The van der Waals surface area contributed by atoms with Gasteiger partial charge in [0, 0.05) is 29.5 Å². The molecule has 0 saturated heterocycles. The molecule has 1 heterocycles. The molecule has 0 aliphatic carbocycles. The van der Waals surface area contributed by atoms with Gasteiger partial charge in [0.05, 0.1) is 5.56 Å². The number of nitrogens with one attached hydrogen (secondary N) is 1. The molecular weight excluding hydrogens is 272 g/mol. The van der Waals surface area contributed by atoms with E-state index in [9.17, 15) is 9.90 Å². The maximum atomic E-state index is 11.4. The van der Waals surface area contributed by atoms with Gasteiger partial charge in [-0.15, -0.1) is 11.8 Å². The molecule has 5 heteroatoms. The van der Waals surface area contributed by atoms with E-state index in [-0.39, 0.29) is 0 Å². The molecule has 0 radical (unpaired) electrons. The van der Waals surface area contributed by atoms with Gasteiger partial charge in [-0.25, -0.2) is 4.79 Å². The summed E-state index contributed by atoms with van der Waals surface area (Å²) in [6.45, 7) is 0.683. The maximum absolute atomic E-state index is 11.4. The highest BCUT2D eigenvalue weighted by atomic mass is 32.2. The number of hydrogen-bond donors (Lipinski definition) is 2. The summed E-state index contributed by atoms with van der Waals surface area (Å²) in [4.78, 5) is 16.1. The Morgan fingerprint density at radius 3 is 2.70 bits per heavy atom. The fourth-order valence-electron chi connectivity index (χ4n) is 1.96. The summed E-state index contributed by atoms with van der Waals surface area (Å²) in [6.07, 6.45) is 6.21. The molecule has 2 aromatic rings. The normalized spacial score (nSPS) is 10.2. The van der Waals surface area contributed by atoms with Crippen molar-refractivity contribution < 1.29 is 9.90 Å². The average molecular weight is 288 g/mol. The standard InChI is InChI=1S/C15H16N2O2S/c1-20-13-4-2-3-12(14(13)15(18)19)17-10-7-11-5-8-16-9-6-11/h2-6,8-9,17H,7,10H2,1H3,(H,18,19). The fourth-order valence-corrected chi connectivity index (χ4v) is 2.58. The van der Waals surface area contributed by atoms with Crippen molar-refractivity contribution in [2.45, 2.75) is 11.3 Å². The van der Waals surface area contributed by atoms with Crippen LogP contribution in [-0.2, 0) is 6.42 Å². The second kappa shape index (κ2) is 6.96. The SMILES string of the molecule is CSc1cccc(NCCc2ccncc2)c1C(=O)O. The number of pyridine rings is 1. The van der Waals surface area contributed by atoms with Gasteiger partial charge in [0.15, 0.2) is 0 Å². The molecule has 20 heavy (non-hydrogen) atoms. The lowest BCUT2D eigenvalue weighted by atomic mass is 10.1. The van der Waals surface area contributed by atoms with Gasteiger partial charge in [0.1, 0.15) is 0 Å². The second-order valence-electron chi connectivity index (χ2n) is 4.22. The number of carboxylic acids is 1. The van der Waals surface area contributed by atoms with Gasteiger partial charge in [-0.2, -0.15) is 0 Å². The van der Waals surface area contributed by atoms with E-state index < -0.39 is 5.97 Å². The van der Waals surface area contributed by atoms with Crippen LogP contribution in [0.2, 0.25) is 0 Å². The minimum absolute atomic E-state index is 0.342. The molecule has 0 aliphatic rings. The van der Waals surface area contributed by atoms with Crippen molar-refractivity contribution in [2.24, 2.45) is 0 Å². The van der Waals surface area contributed by atoms with Crippen LogP contribution in [0.1, 0.15) is 15.9 Å². The van der Waals surface area contributed by atoms with E-state index in [1.807, 2.05) is 30.5 Å². The second-order valence-corrected chi connectivity index (χ2v) is 5.07. The number of carboxylic acid groups (broad SMARTS) is 1. The van der Waals surface area contributed by atoms with E-state index in [1.54, 1.807) is 18.5 Å². The van der Waals surface area contributed by atoms with Gasteiger partial charge >= 0.3 is 5.97 Å². The van der Waals surface area contributed by atoms with Gasteiger partial charge in [-0.3, -0.25) is 4.98 Å². The molecule has 104 valence electrons. The zero-order valence-corrected chi connectivity index (χ0v) is 12.0. The van der Waals surface area contributed by atoms with Crippen molar-refractivity contribution in [1.29, 1.82) is 0 Å². The zero-order chi connectivity index (χ0) is 14.4. The number of anilines is 1. The fraction of sp³-hybridized carbons (Fsp3) is 0.200. The number of carbonyl (C=O) groups is 1. The van der Waals surface area contributed by atoms with Crippen LogP contribution in [0.15, 0.2) is 47.6 Å². The van der Waals surface area contributed by atoms with E-state index in [4.69, 9.17) is 0 Å². The molecule has 0 saturated carbocycles. The lowest BCUT2D eigenvalue weighted by molar-refractivity contribution is 0.0694. The smallest absolute Gasteiger partial charge is 0.338 e. The molecular formula is C15H16N2O2S. The number of benzene rings is 1. The molecule has 0 amide bonds. The first-order valence-electron chi connectivity index (χ1n) is 6.25. The number of thioether (sulfide) groups is 1. The van der Waals surface area contributed by atoms with Gasteiger partial charge < -0.3 is 10.4 Å². The number of aromatic nitrogens is 1. The zero-order valence-electron chi connectivity index (χ0n) is 11.2. The highest BCUT2D eigenvalue weighted by molar-refractivity contribution is 7.98. The van der Waals surface area contributed by atoms with Crippen molar-refractivity contribution in [1.82, 2.24) is 4.98 Å². The summed E-state index contributed by atoms with van der Waals surface area (Å²) in [6, 6.07) is 9.40. The Labute approximate surface area is 122 Å². The van der Waals surface area contributed by atoms with Crippen LogP contribution >= 0.6 is 11.8 Å². The van der Waals surface area contributed by atoms with Crippen molar-refractivity contribution in [3.8, 4) is 0 Å². The van der Waals surface area contributed by atoms with Gasteiger partial charge in [0.2, 0.25) is 0 Å². The van der Waals surface area contributed by atoms with Crippen molar-refractivity contribution in [2.75, 3.05) is 18.1 Å². The minimum Gasteiger partial charge on any atom is -0.478 e. The molecule has 0 aliphatic heterocycles. The van der Waals surface area contributed by atoms with Crippen molar-refractivity contribution >= 4 is 23.4 Å². The molecule has 2 rings (SSSR count). The predicted molar refractivity (Wildman–Crippen MR) is 81.6 cm³/mol. The lowest BCUT2D eigenvalue weighted by Gasteiger charge is -2.12. The largest absolute Gasteiger partial charge is 0.478 e. The number of hydrogen-bond acceptors (Lipinski definition) is 4. The molecule has 0 spiro atoms. The third-order valence-corrected chi connectivity index (χ3v) is 3.72. The van der Waals surface area contributed by atoms with E-state index in [2.05, 4.69) is 10.3 Å². The average Bonchev–Trinajstić information content (AvgIpc) is 2.47. The van der Waals surface area contributed by atoms with Crippen LogP contribution in [0.4, 0.5) is 5.69 Å². The van der Waals surface area contributed by atoms with E-state index in [0.717, 1.165) is 11.3 Å². The first-order valence-corrected chi connectivity index (χ1v) is 7.48. The number of nitrogens with zero attached hydrogens (tertiary/aromatic N) is 1. The monoisotopic (exact) mass is 288 g/mol. The molecule has 0 fully saturated rings. The molecule has 0 atom stereocenters. The maximum Gasteiger partial charge on any atom is 0.338 e. The van der Waals surface area contributed by atoms with Crippen LogP contribution < -0.4 is 5.32 Å². The first kappa shape index (κ1) is 14.4. The summed E-state index contributed by atoms with van der Waals surface area (Å²) in [5.41, 5.74) is 2.18. The molecule has 0 unspecified atom stereocenters. The van der Waals surface area contributed by atoms with Gasteiger partial charge in [-0.05, 0) is 42.5 Å². The summed E-state index contributed by atoms with van der Waals surface area (Å²) in [5, 5.41) is 12.5. The van der Waals surface area contributed by atoms with Crippen LogP contribution in [0.3, 0.4) is 0 Å². The summed E-state index contributed by atoms with van der Waals surface area (Å²) in [5.74, 6) is -0.902. The summed E-state index contributed by atoms with van der Waals surface area (Å²) < 4.78 is 0. The number of aromatic carboxylic acids is 1. The Kier molecular flexibility index (Phi) is 5.01. The quantitative estimate of drug-likeness (QED) is 0.799. The first-order chi connectivity index (χ1) is 9.72.